The fourth-order valence-electron chi connectivity index (χ4n) is 1.58. The zero-order chi connectivity index (χ0) is 13.8. The van der Waals surface area contributed by atoms with Gasteiger partial charge in [0.15, 0.2) is 0 Å². The summed E-state index contributed by atoms with van der Waals surface area (Å²) in [6, 6.07) is 12.8. The van der Waals surface area contributed by atoms with Crippen LogP contribution in [0, 0.1) is 0 Å². The highest BCUT2D eigenvalue weighted by atomic mass is 16.4. The van der Waals surface area contributed by atoms with E-state index in [1.807, 2.05) is 0 Å². The van der Waals surface area contributed by atoms with E-state index in [9.17, 15) is 4.79 Å². The molecule has 0 radical (unpaired) electrons. The molecule has 96 valence electrons. The van der Waals surface area contributed by atoms with Gasteiger partial charge in [0.25, 0.3) is 5.91 Å². The van der Waals surface area contributed by atoms with E-state index in [4.69, 9.17) is 15.8 Å². The number of rotatable bonds is 3. The summed E-state index contributed by atoms with van der Waals surface area (Å²) in [7, 11) is -1.53. The average molecular weight is 256 g/mol. The van der Waals surface area contributed by atoms with Gasteiger partial charge in [-0.05, 0) is 41.9 Å². The first-order valence-corrected chi connectivity index (χ1v) is 5.69. The smallest absolute Gasteiger partial charge is 0.423 e. The minimum atomic E-state index is -1.53. The fourth-order valence-corrected chi connectivity index (χ4v) is 1.58. The van der Waals surface area contributed by atoms with E-state index in [1.54, 1.807) is 24.3 Å². The molecule has 0 aliphatic heterocycles. The van der Waals surface area contributed by atoms with Crippen molar-refractivity contribution in [1.29, 1.82) is 0 Å². The van der Waals surface area contributed by atoms with Gasteiger partial charge >= 0.3 is 7.12 Å². The molecular weight excluding hydrogens is 243 g/mol. The quantitative estimate of drug-likeness (QED) is 0.466. The second kappa shape index (κ2) is 5.56. The Morgan fingerprint density at radius 3 is 2.11 bits per heavy atom. The van der Waals surface area contributed by atoms with Gasteiger partial charge in [0.05, 0.1) is 0 Å². The van der Waals surface area contributed by atoms with Gasteiger partial charge in [0.1, 0.15) is 0 Å². The van der Waals surface area contributed by atoms with Crippen molar-refractivity contribution in [1.82, 2.24) is 0 Å². The lowest BCUT2D eigenvalue weighted by Gasteiger charge is -2.06. The maximum atomic E-state index is 11.9. The SMILES string of the molecule is Nc1ccc(NC(=O)c2ccc(B(O)O)cc2)cc1. The summed E-state index contributed by atoms with van der Waals surface area (Å²) in [4.78, 5) is 11.9. The number of hydrogen-bond acceptors (Lipinski definition) is 4. The molecule has 0 aliphatic carbocycles. The van der Waals surface area contributed by atoms with Crippen molar-refractivity contribution in [2.75, 3.05) is 11.1 Å². The van der Waals surface area contributed by atoms with Crippen LogP contribution < -0.4 is 16.5 Å². The molecule has 0 spiro atoms. The number of anilines is 2. The van der Waals surface area contributed by atoms with Gasteiger partial charge in [-0.2, -0.15) is 0 Å². The maximum Gasteiger partial charge on any atom is 0.488 e. The van der Waals surface area contributed by atoms with E-state index >= 15 is 0 Å². The van der Waals surface area contributed by atoms with Crippen molar-refractivity contribution in [2.24, 2.45) is 0 Å². The predicted octanol–water partition coefficient (Wildman–Crippen LogP) is 0.201. The van der Waals surface area contributed by atoms with Crippen molar-refractivity contribution >= 4 is 29.9 Å². The number of amides is 1. The van der Waals surface area contributed by atoms with E-state index in [1.165, 1.54) is 24.3 Å². The van der Waals surface area contributed by atoms with Crippen molar-refractivity contribution in [3.8, 4) is 0 Å². The Morgan fingerprint density at radius 1 is 1.00 bits per heavy atom. The average Bonchev–Trinajstić information content (AvgIpc) is 2.41. The Kier molecular flexibility index (Phi) is 3.84. The molecule has 0 aromatic heterocycles. The van der Waals surface area contributed by atoms with Gasteiger partial charge in [0.2, 0.25) is 0 Å². The highest BCUT2D eigenvalue weighted by molar-refractivity contribution is 6.58. The van der Waals surface area contributed by atoms with Gasteiger partial charge < -0.3 is 21.1 Å². The van der Waals surface area contributed by atoms with Crippen LogP contribution in [0.15, 0.2) is 48.5 Å². The van der Waals surface area contributed by atoms with Crippen LogP contribution in [0.3, 0.4) is 0 Å². The van der Waals surface area contributed by atoms with Gasteiger partial charge in [0, 0.05) is 16.9 Å². The third-order valence-electron chi connectivity index (χ3n) is 2.64. The first kappa shape index (κ1) is 13.1. The molecule has 5 nitrogen and oxygen atoms in total. The lowest BCUT2D eigenvalue weighted by molar-refractivity contribution is 0.102. The van der Waals surface area contributed by atoms with Crippen LogP contribution in [0.5, 0.6) is 0 Å². The molecule has 5 N–H and O–H groups in total. The second-order valence-electron chi connectivity index (χ2n) is 4.07. The van der Waals surface area contributed by atoms with E-state index in [0.717, 1.165) is 0 Å². The normalized spacial score (nSPS) is 10.0. The summed E-state index contributed by atoms with van der Waals surface area (Å²) in [5.41, 5.74) is 7.59. The summed E-state index contributed by atoms with van der Waals surface area (Å²) >= 11 is 0. The Hall–Kier alpha value is -2.31. The molecule has 1 amide bonds. The number of carbonyl (C=O) groups is 1. The summed E-state index contributed by atoms with van der Waals surface area (Å²) in [5, 5.41) is 20.6. The zero-order valence-corrected chi connectivity index (χ0v) is 10.1. The van der Waals surface area contributed by atoms with E-state index in [0.29, 0.717) is 22.4 Å². The van der Waals surface area contributed by atoms with Crippen LogP contribution in [0.25, 0.3) is 0 Å². The molecular formula is C13H13BN2O3. The largest absolute Gasteiger partial charge is 0.488 e. The minimum Gasteiger partial charge on any atom is -0.423 e. The lowest BCUT2D eigenvalue weighted by Crippen LogP contribution is -2.29. The summed E-state index contributed by atoms with van der Waals surface area (Å²) < 4.78 is 0. The van der Waals surface area contributed by atoms with Gasteiger partial charge in [-0.3, -0.25) is 4.79 Å². The first-order chi connectivity index (χ1) is 9.06. The fraction of sp³-hybridized carbons (Fsp3) is 0. The van der Waals surface area contributed by atoms with Crippen LogP contribution in [-0.4, -0.2) is 23.1 Å². The lowest BCUT2D eigenvalue weighted by atomic mass is 9.80. The number of nitrogen functional groups attached to an aromatic ring is 1. The topological polar surface area (TPSA) is 95.6 Å². The summed E-state index contributed by atoms with van der Waals surface area (Å²) in [6.07, 6.45) is 0. The molecule has 0 saturated heterocycles. The van der Waals surface area contributed by atoms with Gasteiger partial charge in [-0.25, -0.2) is 0 Å². The van der Waals surface area contributed by atoms with Crippen LogP contribution in [0.2, 0.25) is 0 Å². The highest BCUT2D eigenvalue weighted by Crippen LogP contribution is 2.11. The molecule has 0 saturated carbocycles. The Bertz CT molecular complexity index is 567. The number of nitrogens with two attached hydrogens (primary N) is 1. The highest BCUT2D eigenvalue weighted by Gasteiger charge is 2.12. The number of carbonyl (C=O) groups excluding carboxylic acids is 1. The van der Waals surface area contributed by atoms with Crippen molar-refractivity contribution in [2.45, 2.75) is 0 Å². The van der Waals surface area contributed by atoms with Crippen molar-refractivity contribution < 1.29 is 14.8 Å². The molecule has 0 aliphatic rings. The standard InChI is InChI=1S/C13H13BN2O3/c15-11-5-7-12(8-6-11)16-13(17)9-1-3-10(4-2-9)14(18)19/h1-8,18-19H,15H2,(H,16,17). The molecule has 19 heavy (non-hydrogen) atoms. The molecule has 2 aromatic carbocycles. The van der Waals surface area contributed by atoms with Crippen molar-refractivity contribution in [3.63, 3.8) is 0 Å². The number of hydrogen-bond donors (Lipinski definition) is 4. The maximum absolute atomic E-state index is 11.9. The molecule has 6 heteroatoms. The van der Waals surface area contributed by atoms with Crippen LogP contribution >= 0.6 is 0 Å². The number of nitrogens with one attached hydrogen (secondary N) is 1. The molecule has 0 bridgehead atoms. The molecule has 0 heterocycles. The Labute approximate surface area is 110 Å². The van der Waals surface area contributed by atoms with Crippen LogP contribution in [0.1, 0.15) is 10.4 Å². The zero-order valence-electron chi connectivity index (χ0n) is 10.1. The monoisotopic (exact) mass is 256 g/mol. The minimum absolute atomic E-state index is 0.274. The number of benzene rings is 2. The molecule has 0 fully saturated rings. The van der Waals surface area contributed by atoms with Crippen molar-refractivity contribution in [3.05, 3.63) is 54.1 Å². The Morgan fingerprint density at radius 2 is 1.58 bits per heavy atom. The molecule has 2 rings (SSSR count). The third-order valence-corrected chi connectivity index (χ3v) is 2.64. The van der Waals surface area contributed by atoms with E-state index < -0.39 is 7.12 Å². The Balaban J connectivity index is 2.09. The molecule has 2 aromatic rings. The van der Waals surface area contributed by atoms with E-state index in [-0.39, 0.29) is 5.91 Å². The van der Waals surface area contributed by atoms with Gasteiger partial charge in [-0.15, -0.1) is 0 Å². The van der Waals surface area contributed by atoms with Crippen LogP contribution in [0.4, 0.5) is 11.4 Å². The summed E-state index contributed by atoms with van der Waals surface area (Å²) in [5.74, 6) is -0.274. The van der Waals surface area contributed by atoms with Gasteiger partial charge in [-0.1, -0.05) is 12.1 Å². The second-order valence-corrected chi connectivity index (χ2v) is 4.07. The third kappa shape index (κ3) is 3.34. The first-order valence-electron chi connectivity index (χ1n) is 5.69. The summed E-state index contributed by atoms with van der Waals surface area (Å²) in [6.45, 7) is 0. The molecule has 0 atom stereocenters. The van der Waals surface area contributed by atoms with E-state index in [2.05, 4.69) is 5.32 Å². The predicted molar refractivity (Wildman–Crippen MR) is 75.1 cm³/mol. The van der Waals surface area contributed by atoms with Crippen LogP contribution in [-0.2, 0) is 0 Å². The molecule has 0 unspecified atom stereocenters.